The highest BCUT2D eigenvalue weighted by molar-refractivity contribution is 7.07. The summed E-state index contributed by atoms with van der Waals surface area (Å²) >= 11 is 7.91. The third-order valence-corrected chi connectivity index (χ3v) is 5.96. The highest BCUT2D eigenvalue weighted by Gasteiger charge is 2.28. The molecule has 130 valence electrons. The Morgan fingerprint density at radius 2 is 2.00 bits per heavy atom. The van der Waals surface area contributed by atoms with E-state index in [1.165, 1.54) is 12.8 Å². The van der Waals surface area contributed by atoms with Gasteiger partial charge in [-0.15, -0.1) is 11.3 Å². The van der Waals surface area contributed by atoms with Gasteiger partial charge in [0.15, 0.2) is 10.6 Å². The predicted molar refractivity (Wildman–Crippen MR) is 107 cm³/mol. The van der Waals surface area contributed by atoms with Crippen LogP contribution in [0.25, 0.3) is 22.4 Å². The van der Waals surface area contributed by atoms with Gasteiger partial charge in [0.2, 0.25) is 0 Å². The Morgan fingerprint density at radius 3 is 2.77 bits per heavy atom. The fourth-order valence-corrected chi connectivity index (χ4v) is 4.28. The lowest BCUT2D eigenvalue weighted by molar-refractivity contribution is 0.613. The quantitative estimate of drug-likeness (QED) is 0.399. The molecule has 1 fully saturated rings. The van der Waals surface area contributed by atoms with Gasteiger partial charge in [-0.05, 0) is 49.6 Å². The summed E-state index contributed by atoms with van der Waals surface area (Å²) in [4.78, 5) is 5.85. The third-order valence-electron chi connectivity index (χ3n) is 4.71. The summed E-state index contributed by atoms with van der Waals surface area (Å²) in [7, 11) is 0. The van der Waals surface area contributed by atoms with Crippen LogP contribution in [-0.2, 0) is 0 Å². The minimum absolute atomic E-state index is 0.504. The van der Waals surface area contributed by atoms with Crippen molar-refractivity contribution >= 4 is 39.6 Å². The maximum absolute atomic E-state index is 6.26. The average Bonchev–Trinajstić information content (AvgIpc) is 3.24. The maximum Gasteiger partial charge on any atom is 0.190 e. The van der Waals surface area contributed by atoms with Crippen LogP contribution < -0.4 is 4.80 Å². The van der Waals surface area contributed by atoms with E-state index < -0.39 is 0 Å². The molecular formula is C21H17ClN2OS. The molecule has 0 radical (unpaired) electrons. The van der Waals surface area contributed by atoms with E-state index in [4.69, 9.17) is 21.0 Å². The van der Waals surface area contributed by atoms with E-state index in [1.54, 1.807) is 11.3 Å². The zero-order chi connectivity index (χ0) is 17.7. The van der Waals surface area contributed by atoms with Gasteiger partial charge in [0, 0.05) is 21.8 Å². The first kappa shape index (κ1) is 15.9. The van der Waals surface area contributed by atoms with E-state index in [0.717, 1.165) is 43.5 Å². The van der Waals surface area contributed by atoms with Crippen molar-refractivity contribution in [2.45, 2.75) is 25.8 Å². The Bertz CT molecular complexity index is 1150. The fourth-order valence-electron chi connectivity index (χ4n) is 3.14. The molecule has 1 aliphatic rings. The van der Waals surface area contributed by atoms with E-state index in [9.17, 15) is 0 Å². The maximum atomic E-state index is 6.26. The number of para-hydroxylation sites is 1. The summed E-state index contributed by atoms with van der Waals surface area (Å²) < 4.78 is 8.41. The van der Waals surface area contributed by atoms with Crippen molar-refractivity contribution in [1.82, 2.24) is 4.57 Å². The zero-order valence-electron chi connectivity index (χ0n) is 14.3. The van der Waals surface area contributed by atoms with Crippen molar-refractivity contribution < 1.29 is 4.42 Å². The largest absolute Gasteiger partial charge is 0.454 e. The van der Waals surface area contributed by atoms with Gasteiger partial charge in [-0.1, -0.05) is 35.9 Å². The molecule has 5 rings (SSSR count). The number of aryl methyl sites for hydroxylation is 1. The monoisotopic (exact) mass is 380 g/mol. The van der Waals surface area contributed by atoms with Crippen molar-refractivity contribution in [3.63, 3.8) is 0 Å². The van der Waals surface area contributed by atoms with Crippen molar-refractivity contribution in [3.05, 3.63) is 69.3 Å². The molecule has 2 aromatic carbocycles. The summed E-state index contributed by atoms with van der Waals surface area (Å²) in [6.45, 7) is 2.00. The minimum Gasteiger partial charge on any atom is -0.454 e. The standard InChI is InChI=1S/C21H17ClN2OS/c1-13-6-7-15(11-17(13)22)23-21-24(16-8-9-16)18(12-26-21)20-10-14-4-2-3-5-19(14)25-20/h2-7,10-12,16H,8-9H2,1H3. The molecule has 0 saturated heterocycles. The predicted octanol–water partition coefficient (Wildman–Crippen LogP) is 6.49. The Morgan fingerprint density at radius 1 is 1.15 bits per heavy atom. The van der Waals surface area contributed by atoms with Gasteiger partial charge in [-0.2, -0.15) is 0 Å². The zero-order valence-corrected chi connectivity index (χ0v) is 15.8. The van der Waals surface area contributed by atoms with Gasteiger partial charge in [0.05, 0.1) is 11.4 Å². The number of hydrogen-bond acceptors (Lipinski definition) is 3. The summed E-state index contributed by atoms with van der Waals surface area (Å²) in [5.41, 5.74) is 3.97. The molecule has 0 amide bonds. The van der Waals surface area contributed by atoms with E-state index >= 15 is 0 Å². The molecule has 1 saturated carbocycles. The molecule has 2 heterocycles. The number of furan rings is 1. The second kappa shape index (κ2) is 6.15. The average molecular weight is 381 g/mol. The lowest BCUT2D eigenvalue weighted by atomic mass is 10.2. The van der Waals surface area contributed by atoms with Crippen LogP contribution >= 0.6 is 22.9 Å². The van der Waals surface area contributed by atoms with Crippen LogP contribution in [-0.4, -0.2) is 4.57 Å². The van der Waals surface area contributed by atoms with Gasteiger partial charge in [0.1, 0.15) is 5.58 Å². The van der Waals surface area contributed by atoms with Crippen LogP contribution in [0, 0.1) is 6.92 Å². The first-order valence-electron chi connectivity index (χ1n) is 8.69. The number of halogens is 1. The Balaban J connectivity index is 1.66. The van der Waals surface area contributed by atoms with Crippen LogP contribution in [0.2, 0.25) is 5.02 Å². The minimum atomic E-state index is 0.504. The fraction of sp³-hybridized carbons (Fsp3) is 0.190. The van der Waals surface area contributed by atoms with E-state index in [0.29, 0.717) is 6.04 Å². The number of benzene rings is 2. The Labute approximate surface area is 160 Å². The van der Waals surface area contributed by atoms with Crippen molar-refractivity contribution in [1.29, 1.82) is 0 Å². The van der Waals surface area contributed by atoms with Gasteiger partial charge >= 0.3 is 0 Å². The highest BCUT2D eigenvalue weighted by Crippen LogP contribution is 2.39. The van der Waals surface area contributed by atoms with Gasteiger partial charge in [0.25, 0.3) is 0 Å². The van der Waals surface area contributed by atoms with Crippen LogP contribution in [0.15, 0.2) is 63.3 Å². The lowest BCUT2D eigenvalue weighted by Crippen LogP contribution is -2.14. The van der Waals surface area contributed by atoms with Crippen molar-refractivity contribution in [2.75, 3.05) is 0 Å². The molecule has 0 spiro atoms. The molecule has 0 atom stereocenters. The number of hydrogen-bond donors (Lipinski definition) is 0. The highest BCUT2D eigenvalue weighted by atomic mass is 35.5. The molecule has 0 bridgehead atoms. The van der Waals surface area contributed by atoms with E-state index in [2.05, 4.69) is 22.1 Å². The molecule has 0 aliphatic heterocycles. The molecule has 0 N–H and O–H groups in total. The second-order valence-corrected chi connectivity index (χ2v) is 7.94. The first-order valence-corrected chi connectivity index (χ1v) is 9.95. The van der Waals surface area contributed by atoms with Crippen LogP contribution in [0.1, 0.15) is 24.4 Å². The molecule has 3 nitrogen and oxygen atoms in total. The number of thiazole rings is 1. The van der Waals surface area contributed by atoms with Crippen LogP contribution in [0.3, 0.4) is 0 Å². The second-order valence-electron chi connectivity index (χ2n) is 6.70. The number of nitrogens with zero attached hydrogens (tertiary/aromatic N) is 2. The number of fused-ring (bicyclic) bond motifs is 1. The van der Waals surface area contributed by atoms with Gasteiger partial charge < -0.3 is 8.98 Å². The summed E-state index contributed by atoms with van der Waals surface area (Å²) in [6, 6.07) is 16.7. The van der Waals surface area contributed by atoms with Crippen LogP contribution in [0.5, 0.6) is 0 Å². The van der Waals surface area contributed by atoms with E-state index in [1.807, 2.05) is 43.3 Å². The molecule has 1 aliphatic carbocycles. The normalized spacial score (nSPS) is 15.1. The molecule has 4 aromatic rings. The SMILES string of the molecule is Cc1ccc(N=c2scc(-c3cc4ccccc4o3)n2C2CC2)cc1Cl. The van der Waals surface area contributed by atoms with Crippen molar-refractivity contribution in [3.8, 4) is 11.5 Å². The molecule has 5 heteroatoms. The lowest BCUT2D eigenvalue weighted by Gasteiger charge is -2.05. The summed E-state index contributed by atoms with van der Waals surface area (Å²) in [6.07, 6.45) is 2.37. The third kappa shape index (κ3) is 2.79. The smallest absolute Gasteiger partial charge is 0.190 e. The van der Waals surface area contributed by atoms with Crippen molar-refractivity contribution in [2.24, 2.45) is 4.99 Å². The Hall–Kier alpha value is -2.30. The van der Waals surface area contributed by atoms with E-state index in [-0.39, 0.29) is 0 Å². The molecule has 26 heavy (non-hydrogen) atoms. The number of rotatable bonds is 3. The molecule has 0 unspecified atom stereocenters. The summed E-state index contributed by atoms with van der Waals surface area (Å²) in [5, 5.41) is 4.02. The number of aromatic nitrogens is 1. The molecule has 2 aromatic heterocycles. The van der Waals surface area contributed by atoms with Gasteiger partial charge in [-0.25, -0.2) is 4.99 Å². The Kier molecular flexibility index (Phi) is 3.76. The van der Waals surface area contributed by atoms with Gasteiger partial charge in [-0.3, -0.25) is 0 Å². The first-order chi connectivity index (χ1) is 12.7. The topological polar surface area (TPSA) is 30.4 Å². The molecular weight excluding hydrogens is 364 g/mol. The summed E-state index contributed by atoms with van der Waals surface area (Å²) in [5.74, 6) is 0.901. The van der Waals surface area contributed by atoms with Crippen LogP contribution in [0.4, 0.5) is 5.69 Å².